The van der Waals surface area contributed by atoms with Crippen molar-refractivity contribution >= 4 is 40.7 Å². The summed E-state index contributed by atoms with van der Waals surface area (Å²) in [5.74, 6) is 3.21. The highest BCUT2D eigenvalue weighted by Gasteiger charge is 2.41. The van der Waals surface area contributed by atoms with Crippen LogP contribution in [0.5, 0.6) is 5.75 Å². The van der Waals surface area contributed by atoms with Crippen molar-refractivity contribution in [2.75, 3.05) is 21.2 Å². The molecule has 1 atom stereocenters. The molecule has 0 spiro atoms. The van der Waals surface area contributed by atoms with Crippen molar-refractivity contribution < 1.29 is 14.3 Å². The van der Waals surface area contributed by atoms with Crippen LogP contribution in [0.25, 0.3) is 0 Å². The summed E-state index contributed by atoms with van der Waals surface area (Å²) in [6.07, 6.45) is 0. The van der Waals surface area contributed by atoms with E-state index in [0.29, 0.717) is 0 Å². The highest BCUT2D eigenvalue weighted by atomic mass is 35.5. The number of methoxy groups -OCH3 is 1. The molecule has 4 nitrogen and oxygen atoms in total. The first kappa shape index (κ1) is 17.9. The Morgan fingerprint density at radius 2 is 1.76 bits per heavy atom. The number of carbonyl (C=O) groups is 1. The molecule has 0 saturated carbocycles. The molecule has 1 aromatic carbocycles. The third-order valence-electron chi connectivity index (χ3n) is 2.48. The average Bonchev–Trinajstić information content (AvgIpc) is 2.43. The summed E-state index contributed by atoms with van der Waals surface area (Å²) in [5, 5.41) is 0.603. The van der Waals surface area contributed by atoms with Gasteiger partial charge in [-0.2, -0.15) is 0 Å². The van der Waals surface area contributed by atoms with E-state index in [1.807, 2.05) is 0 Å². The van der Waals surface area contributed by atoms with Crippen molar-refractivity contribution in [1.29, 1.82) is 0 Å². The lowest BCUT2D eigenvalue weighted by atomic mass is 10.2. The summed E-state index contributed by atoms with van der Waals surface area (Å²) in [6.45, 7) is 1.57. The van der Waals surface area contributed by atoms with E-state index in [2.05, 4.69) is 11.8 Å². The standard InChI is InChI=1S/C14H14Cl3NO3/c1-5-6-14(20-4,13(19)18(2)3)21-9-7-10(15)12(17)11(16)8-9/h7-8H,1-4H3. The molecule has 21 heavy (non-hydrogen) atoms. The molecule has 0 radical (unpaired) electrons. The van der Waals surface area contributed by atoms with Crippen molar-refractivity contribution in [3.05, 3.63) is 27.2 Å². The number of ether oxygens (including phenoxy) is 2. The molecule has 0 bridgehead atoms. The minimum atomic E-state index is -1.78. The van der Waals surface area contributed by atoms with Crippen LogP contribution in [0.15, 0.2) is 12.1 Å². The fourth-order valence-corrected chi connectivity index (χ4v) is 2.09. The number of benzene rings is 1. The number of carbonyl (C=O) groups excluding carboxylic acids is 1. The zero-order chi connectivity index (χ0) is 16.2. The smallest absolute Gasteiger partial charge is 0.357 e. The second-order valence-corrected chi connectivity index (χ2v) is 5.39. The Hall–Kier alpha value is -1.12. The number of hydrogen-bond donors (Lipinski definition) is 0. The fraction of sp³-hybridized carbons (Fsp3) is 0.357. The Morgan fingerprint density at radius 1 is 1.24 bits per heavy atom. The van der Waals surface area contributed by atoms with Gasteiger partial charge in [0.05, 0.1) is 15.1 Å². The average molecular weight is 351 g/mol. The van der Waals surface area contributed by atoms with Crippen LogP contribution < -0.4 is 4.74 Å². The van der Waals surface area contributed by atoms with Gasteiger partial charge in [-0.05, 0) is 12.8 Å². The maximum absolute atomic E-state index is 12.3. The van der Waals surface area contributed by atoms with Crippen molar-refractivity contribution in [3.63, 3.8) is 0 Å². The molecule has 0 N–H and O–H groups in total. The van der Waals surface area contributed by atoms with Gasteiger partial charge in [-0.15, -0.1) is 0 Å². The molecule has 0 aliphatic heterocycles. The quantitative estimate of drug-likeness (QED) is 0.474. The first-order valence-electron chi connectivity index (χ1n) is 5.81. The maximum Gasteiger partial charge on any atom is 0.357 e. The molecule has 0 aromatic heterocycles. The van der Waals surface area contributed by atoms with Gasteiger partial charge in [0.25, 0.3) is 0 Å². The maximum atomic E-state index is 12.3. The minimum Gasteiger partial charge on any atom is -0.443 e. The van der Waals surface area contributed by atoms with E-state index in [-0.39, 0.29) is 20.8 Å². The van der Waals surface area contributed by atoms with Gasteiger partial charge in [0.2, 0.25) is 0 Å². The molecular weight excluding hydrogens is 337 g/mol. The van der Waals surface area contributed by atoms with Crippen molar-refractivity contribution in [2.24, 2.45) is 0 Å². The number of likely N-dealkylation sites (N-methyl/N-ethyl adjacent to an activating group) is 1. The monoisotopic (exact) mass is 349 g/mol. The molecule has 0 heterocycles. The molecular formula is C14H14Cl3NO3. The minimum absolute atomic E-state index is 0.200. The molecule has 0 aliphatic carbocycles. The first-order chi connectivity index (χ1) is 9.77. The third kappa shape index (κ3) is 3.96. The molecule has 1 aromatic rings. The van der Waals surface area contributed by atoms with E-state index in [4.69, 9.17) is 44.3 Å². The molecule has 114 valence electrons. The van der Waals surface area contributed by atoms with Crippen LogP contribution in [-0.4, -0.2) is 37.8 Å². The Balaban J connectivity index is 3.30. The van der Waals surface area contributed by atoms with Gasteiger partial charge < -0.3 is 14.4 Å². The summed E-state index contributed by atoms with van der Waals surface area (Å²) in [5.41, 5.74) is 0. The molecule has 1 unspecified atom stereocenters. The second-order valence-electron chi connectivity index (χ2n) is 4.20. The Morgan fingerprint density at radius 3 is 2.14 bits per heavy atom. The largest absolute Gasteiger partial charge is 0.443 e. The summed E-state index contributed by atoms with van der Waals surface area (Å²) >= 11 is 17.8. The number of amides is 1. The SMILES string of the molecule is CC#CC(OC)(Oc1cc(Cl)c(Cl)c(Cl)c1)C(=O)N(C)C. The van der Waals surface area contributed by atoms with Gasteiger partial charge in [0.1, 0.15) is 5.75 Å². The third-order valence-corrected chi connectivity index (χ3v) is 3.68. The molecule has 1 amide bonds. The number of hydrogen-bond acceptors (Lipinski definition) is 3. The van der Waals surface area contributed by atoms with E-state index < -0.39 is 11.7 Å². The summed E-state index contributed by atoms with van der Waals surface area (Å²) in [7, 11) is 4.46. The van der Waals surface area contributed by atoms with Crippen LogP contribution in [-0.2, 0) is 9.53 Å². The van der Waals surface area contributed by atoms with Crippen LogP contribution in [0.4, 0.5) is 0 Å². The van der Waals surface area contributed by atoms with Crippen molar-refractivity contribution in [2.45, 2.75) is 12.7 Å². The molecule has 0 saturated heterocycles. The van der Waals surface area contributed by atoms with Gasteiger partial charge in [-0.3, -0.25) is 4.79 Å². The van der Waals surface area contributed by atoms with E-state index in [9.17, 15) is 4.79 Å². The predicted octanol–water partition coefficient (Wildman–Crippen LogP) is 3.48. The zero-order valence-electron chi connectivity index (χ0n) is 12.0. The highest BCUT2D eigenvalue weighted by Crippen LogP contribution is 2.35. The fourth-order valence-electron chi connectivity index (χ4n) is 1.52. The predicted molar refractivity (Wildman–Crippen MR) is 84.0 cm³/mol. The van der Waals surface area contributed by atoms with Gasteiger partial charge in [-0.25, -0.2) is 0 Å². The highest BCUT2D eigenvalue weighted by molar-refractivity contribution is 6.48. The van der Waals surface area contributed by atoms with Crippen LogP contribution in [0, 0.1) is 11.8 Å². The van der Waals surface area contributed by atoms with Crippen LogP contribution >= 0.6 is 34.8 Å². The summed E-state index contributed by atoms with van der Waals surface area (Å²) in [4.78, 5) is 13.6. The Labute approximate surface area is 138 Å². The van der Waals surface area contributed by atoms with E-state index in [1.165, 1.54) is 24.1 Å². The topological polar surface area (TPSA) is 38.8 Å². The first-order valence-corrected chi connectivity index (χ1v) is 6.95. The lowest BCUT2D eigenvalue weighted by molar-refractivity contribution is -0.174. The molecule has 1 rings (SSSR count). The number of rotatable bonds is 4. The summed E-state index contributed by atoms with van der Waals surface area (Å²) in [6, 6.07) is 2.87. The van der Waals surface area contributed by atoms with Crippen molar-refractivity contribution in [3.8, 4) is 17.6 Å². The van der Waals surface area contributed by atoms with Gasteiger partial charge >= 0.3 is 11.7 Å². The van der Waals surface area contributed by atoms with Crippen LogP contribution in [0.1, 0.15) is 6.92 Å². The molecule has 7 heteroatoms. The lowest BCUT2D eigenvalue weighted by Crippen LogP contribution is -2.51. The number of halogens is 3. The van der Waals surface area contributed by atoms with E-state index >= 15 is 0 Å². The summed E-state index contributed by atoms with van der Waals surface area (Å²) < 4.78 is 10.8. The zero-order valence-corrected chi connectivity index (χ0v) is 14.2. The molecule has 0 fully saturated rings. The normalized spacial score (nSPS) is 12.9. The van der Waals surface area contributed by atoms with Crippen molar-refractivity contribution in [1.82, 2.24) is 4.90 Å². The molecule has 0 aliphatic rings. The van der Waals surface area contributed by atoms with E-state index in [0.717, 1.165) is 0 Å². The van der Waals surface area contributed by atoms with E-state index in [1.54, 1.807) is 21.0 Å². The second kappa shape index (κ2) is 7.24. The van der Waals surface area contributed by atoms with Gasteiger partial charge in [0.15, 0.2) is 0 Å². The van der Waals surface area contributed by atoms with Crippen LogP contribution in [0.2, 0.25) is 15.1 Å². The van der Waals surface area contributed by atoms with Gasteiger partial charge in [-0.1, -0.05) is 40.7 Å². The number of nitrogens with zero attached hydrogens (tertiary/aromatic N) is 1. The van der Waals surface area contributed by atoms with Crippen LogP contribution in [0.3, 0.4) is 0 Å². The van der Waals surface area contributed by atoms with Gasteiger partial charge in [0, 0.05) is 33.3 Å². The Kier molecular flexibility index (Phi) is 6.18. The Bertz CT molecular complexity index is 584. The lowest BCUT2D eigenvalue weighted by Gasteiger charge is -2.29.